The summed E-state index contributed by atoms with van der Waals surface area (Å²) in [6.07, 6.45) is 0. The van der Waals surface area contributed by atoms with E-state index in [0.29, 0.717) is 21.6 Å². The number of aromatic nitrogens is 1. The lowest BCUT2D eigenvalue weighted by Gasteiger charge is -2.22. The summed E-state index contributed by atoms with van der Waals surface area (Å²) >= 11 is 15.0. The number of carbonyl (C=O) groups excluding carboxylic acids is 1. The highest BCUT2D eigenvalue weighted by Crippen LogP contribution is 2.37. The van der Waals surface area contributed by atoms with E-state index in [2.05, 4.69) is 23.7 Å². The molecule has 0 radical (unpaired) electrons. The Morgan fingerprint density at radius 3 is 2.52 bits per heavy atom. The van der Waals surface area contributed by atoms with Crippen LogP contribution in [0.25, 0.3) is 0 Å². The summed E-state index contributed by atoms with van der Waals surface area (Å²) < 4.78 is 0.871. The van der Waals surface area contributed by atoms with Crippen molar-refractivity contribution < 1.29 is 4.79 Å². The minimum atomic E-state index is -0.115. The molecule has 4 nitrogen and oxygen atoms in total. The zero-order valence-electron chi connectivity index (χ0n) is 16.2. The van der Waals surface area contributed by atoms with Gasteiger partial charge in [0, 0.05) is 31.1 Å². The summed E-state index contributed by atoms with van der Waals surface area (Å²) in [5.41, 5.74) is 3.61. The van der Waals surface area contributed by atoms with Gasteiger partial charge in [0.2, 0.25) is 5.91 Å². The molecule has 0 aliphatic heterocycles. The van der Waals surface area contributed by atoms with E-state index in [4.69, 9.17) is 23.8 Å². The van der Waals surface area contributed by atoms with E-state index in [-0.39, 0.29) is 5.91 Å². The lowest BCUT2D eigenvalue weighted by atomic mass is 10.1. The van der Waals surface area contributed by atoms with Crippen LogP contribution in [-0.4, -0.2) is 33.2 Å². The maximum Gasteiger partial charge on any atom is 0.230 e. The fourth-order valence-corrected chi connectivity index (χ4v) is 5.43. The molecule has 1 aromatic heterocycles. The van der Waals surface area contributed by atoms with Gasteiger partial charge in [0.05, 0.1) is 16.4 Å². The van der Waals surface area contributed by atoms with Crippen molar-refractivity contribution in [2.75, 3.05) is 18.0 Å². The summed E-state index contributed by atoms with van der Waals surface area (Å²) in [6.45, 7) is 11.4. The van der Waals surface area contributed by atoms with Crippen LogP contribution in [0.2, 0.25) is 5.02 Å². The van der Waals surface area contributed by atoms with Gasteiger partial charge in [0.15, 0.2) is 5.13 Å². The van der Waals surface area contributed by atoms with Gasteiger partial charge < -0.3 is 4.90 Å². The second kappa shape index (κ2) is 9.87. The molecule has 0 aliphatic rings. The molecule has 0 unspecified atom stereocenters. The van der Waals surface area contributed by atoms with Crippen molar-refractivity contribution in [3.8, 4) is 0 Å². The maximum atomic E-state index is 12.4. The van der Waals surface area contributed by atoms with Gasteiger partial charge in [-0.25, -0.2) is 4.98 Å². The fourth-order valence-electron chi connectivity index (χ4n) is 2.75. The van der Waals surface area contributed by atoms with Gasteiger partial charge in [-0.15, -0.1) is 11.3 Å². The molecule has 27 heavy (non-hydrogen) atoms. The molecule has 2 rings (SSSR count). The Labute approximate surface area is 179 Å². The van der Waals surface area contributed by atoms with Crippen molar-refractivity contribution in [1.29, 1.82) is 0 Å². The van der Waals surface area contributed by atoms with Crippen LogP contribution in [-0.2, 0) is 10.5 Å². The molecule has 0 N–H and O–H groups in total. The topological polar surface area (TPSA) is 36.4 Å². The Morgan fingerprint density at radius 2 is 1.96 bits per heavy atom. The number of rotatable bonds is 6. The number of carbonyl (C=O) groups is 1. The Bertz CT molecular complexity index is 810. The van der Waals surface area contributed by atoms with Gasteiger partial charge in [-0.3, -0.25) is 9.69 Å². The number of nitrogens with zero attached hydrogens (tertiary/aromatic N) is 3. The summed E-state index contributed by atoms with van der Waals surface area (Å²) in [5, 5.41) is 3.15. The quantitative estimate of drug-likeness (QED) is 0.517. The number of amides is 1. The van der Waals surface area contributed by atoms with Crippen molar-refractivity contribution in [2.24, 2.45) is 0 Å². The molecule has 0 bridgehead atoms. The second-order valence-corrected chi connectivity index (χ2v) is 8.97. The second-order valence-electron chi connectivity index (χ2n) is 6.11. The Hall–Kier alpha value is -1.15. The molecular weight excluding hydrogens is 418 g/mol. The molecule has 0 fully saturated rings. The minimum Gasteiger partial charge on any atom is -0.358 e. The van der Waals surface area contributed by atoms with Gasteiger partial charge in [0.25, 0.3) is 0 Å². The highest BCUT2D eigenvalue weighted by Gasteiger charge is 2.22. The predicted molar refractivity (Wildman–Crippen MR) is 123 cm³/mol. The number of thiocarbonyl (C=S) groups is 1. The van der Waals surface area contributed by atoms with Crippen LogP contribution in [0, 0.1) is 13.8 Å². The summed E-state index contributed by atoms with van der Waals surface area (Å²) in [7, 11) is 0. The lowest BCUT2D eigenvalue weighted by molar-refractivity contribution is -0.115. The molecular formula is C19H24ClN3OS3. The third-order valence-corrected chi connectivity index (χ3v) is 6.75. The van der Waals surface area contributed by atoms with Gasteiger partial charge in [-0.1, -0.05) is 41.6 Å². The van der Waals surface area contributed by atoms with Crippen LogP contribution in [0.5, 0.6) is 0 Å². The van der Waals surface area contributed by atoms with Gasteiger partial charge in [-0.2, -0.15) is 0 Å². The fraction of sp³-hybridized carbons (Fsp3) is 0.421. The van der Waals surface area contributed by atoms with Crippen LogP contribution >= 0.6 is 46.9 Å². The number of hydrogen-bond acceptors (Lipinski definition) is 5. The third-order valence-electron chi connectivity index (χ3n) is 4.03. The zero-order valence-corrected chi connectivity index (χ0v) is 19.4. The molecule has 2 aromatic rings. The summed E-state index contributed by atoms with van der Waals surface area (Å²) in [6, 6.07) is 3.89. The van der Waals surface area contributed by atoms with E-state index >= 15 is 0 Å². The van der Waals surface area contributed by atoms with Crippen molar-refractivity contribution in [3.63, 3.8) is 0 Å². The van der Waals surface area contributed by atoms with Crippen molar-refractivity contribution in [2.45, 2.75) is 40.4 Å². The SMILES string of the molecule is CCN(CC)C(=S)SCc1csc(N(C(C)=O)c2c(C)cc(C)cc2Cl)n1. The number of halogens is 1. The third kappa shape index (κ3) is 5.44. The first-order chi connectivity index (χ1) is 12.8. The van der Waals surface area contributed by atoms with E-state index in [1.165, 1.54) is 18.3 Å². The van der Waals surface area contributed by atoms with Gasteiger partial charge in [0.1, 0.15) is 4.32 Å². The van der Waals surface area contributed by atoms with Gasteiger partial charge >= 0.3 is 0 Å². The summed E-state index contributed by atoms with van der Waals surface area (Å²) in [4.78, 5) is 20.8. The number of hydrogen-bond donors (Lipinski definition) is 0. The molecule has 0 spiro atoms. The monoisotopic (exact) mass is 441 g/mol. The molecule has 1 amide bonds. The molecule has 1 aromatic carbocycles. The number of thiazole rings is 1. The highest BCUT2D eigenvalue weighted by atomic mass is 35.5. The van der Waals surface area contributed by atoms with Crippen molar-refractivity contribution in [1.82, 2.24) is 9.88 Å². The molecule has 0 saturated carbocycles. The first kappa shape index (κ1) is 22.1. The number of aryl methyl sites for hydroxylation is 2. The maximum absolute atomic E-state index is 12.4. The molecule has 146 valence electrons. The summed E-state index contributed by atoms with van der Waals surface area (Å²) in [5.74, 6) is 0.564. The van der Waals surface area contributed by atoms with Crippen LogP contribution in [0.15, 0.2) is 17.5 Å². The van der Waals surface area contributed by atoms with Crippen molar-refractivity contribution in [3.05, 3.63) is 39.4 Å². The number of anilines is 2. The standard InChI is InChI=1S/C19H24ClN3OS3/c1-6-22(7-2)19(25)27-11-15-10-26-18(21-15)23(14(5)24)17-13(4)8-12(3)9-16(17)20/h8-10H,6-7,11H2,1-5H3. The van der Waals surface area contributed by atoms with E-state index < -0.39 is 0 Å². The molecule has 8 heteroatoms. The number of thioether (sulfide) groups is 1. The first-order valence-electron chi connectivity index (χ1n) is 8.72. The average Bonchev–Trinajstić information content (AvgIpc) is 3.05. The molecule has 0 saturated heterocycles. The molecule has 0 aliphatic carbocycles. The largest absolute Gasteiger partial charge is 0.358 e. The average molecular weight is 442 g/mol. The molecule has 1 heterocycles. The Kier molecular flexibility index (Phi) is 8.09. The lowest BCUT2D eigenvalue weighted by Crippen LogP contribution is -2.26. The number of benzene rings is 1. The highest BCUT2D eigenvalue weighted by molar-refractivity contribution is 8.22. The van der Waals surface area contributed by atoms with E-state index in [1.54, 1.807) is 16.7 Å². The zero-order chi connectivity index (χ0) is 20.1. The van der Waals surface area contributed by atoms with Gasteiger partial charge in [-0.05, 0) is 44.9 Å². The Balaban J connectivity index is 2.24. The van der Waals surface area contributed by atoms with Crippen LogP contribution in [0.4, 0.5) is 10.8 Å². The van der Waals surface area contributed by atoms with E-state index in [1.807, 2.05) is 31.4 Å². The van der Waals surface area contributed by atoms with Crippen LogP contribution < -0.4 is 4.90 Å². The minimum absolute atomic E-state index is 0.115. The Morgan fingerprint density at radius 1 is 1.30 bits per heavy atom. The first-order valence-corrected chi connectivity index (χ1v) is 11.4. The molecule has 0 atom stereocenters. The smallest absolute Gasteiger partial charge is 0.230 e. The van der Waals surface area contributed by atoms with Crippen LogP contribution in [0.3, 0.4) is 0 Å². The van der Waals surface area contributed by atoms with Crippen LogP contribution in [0.1, 0.15) is 37.6 Å². The van der Waals surface area contributed by atoms with Crippen molar-refractivity contribution >= 4 is 68.0 Å². The van der Waals surface area contributed by atoms with E-state index in [0.717, 1.165) is 34.2 Å². The van der Waals surface area contributed by atoms with E-state index in [9.17, 15) is 4.79 Å². The predicted octanol–water partition coefficient (Wildman–Crippen LogP) is 5.96. The normalized spacial score (nSPS) is 10.7.